The van der Waals surface area contributed by atoms with Crippen LogP contribution in [-0.4, -0.2) is 38.0 Å². The Kier molecular flexibility index (Phi) is 8.06. The second-order valence-corrected chi connectivity index (χ2v) is 8.07. The van der Waals surface area contributed by atoms with Crippen LogP contribution in [0.15, 0.2) is 28.7 Å². The number of nitrogens with zero attached hydrogens (tertiary/aromatic N) is 1. The molecule has 0 bridgehead atoms. The summed E-state index contributed by atoms with van der Waals surface area (Å²) in [6.45, 7) is 2.75. The van der Waals surface area contributed by atoms with Crippen molar-refractivity contribution in [3.63, 3.8) is 0 Å². The first-order valence-electron chi connectivity index (χ1n) is 7.33. The fourth-order valence-corrected chi connectivity index (χ4v) is 3.11. The molecule has 0 aromatic heterocycles. The molecule has 7 heteroatoms. The highest BCUT2D eigenvalue weighted by atomic mass is 79.9. The predicted molar refractivity (Wildman–Crippen MR) is 93.3 cm³/mol. The van der Waals surface area contributed by atoms with Crippen LogP contribution in [0.1, 0.15) is 32.6 Å². The van der Waals surface area contributed by atoms with Gasteiger partial charge in [0.2, 0.25) is 15.9 Å². The van der Waals surface area contributed by atoms with Gasteiger partial charge in [0, 0.05) is 29.7 Å². The lowest BCUT2D eigenvalue weighted by Gasteiger charge is -2.19. The molecule has 1 aromatic rings. The molecule has 1 amide bonds. The third kappa shape index (κ3) is 7.38. The zero-order valence-corrected chi connectivity index (χ0v) is 15.4. The number of nitrogens with one attached hydrogen (secondary N) is 1. The maximum Gasteiger partial charge on any atom is 0.225 e. The van der Waals surface area contributed by atoms with Gasteiger partial charge in [-0.2, -0.15) is 0 Å². The van der Waals surface area contributed by atoms with Gasteiger partial charge in [0.1, 0.15) is 0 Å². The molecule has 0 heterocycles. The summed E-state index contributed by atoms with van der Waals surface area (Å²) in [6, 6.07) is 7.25. The molecular formula is C15H23BrN2O3S. The van der Waals surface area contributed by atoms with Gasteiger partial charge in [-0.05, 0) is 30.7 Å². The maximum absolute atomic E-state index is 11.9. The van der Waals surface area contributed by atoms with Crippen molar-refractivity contribution < 1.29 is 13.2 Å². The second-order valence-electron chi connectivity index (χ2n) is 5.17. The second kappa shape index (κ2) is 9.27. The molecule has 0 atom stereocenters. The summed E-state index contributed by atoms with van der Waals surface area (Å²) in [5.74, 6) is -0.188. The first kappa shape index (κ1) is 19.1. The molecule has 0 unspecified atom stereocenters. The number of unbranched alkanes of at least 4 members (excludes halogenated alkanes) is 2. The van der Waals surface area contributed by atoms with Gasteiger partial charge in [-0.25, -0.2) is 12.7 Å². The Morgan fingerprint density at radius 3 is 2.36 bits per heavy atom. The normalized spacial score (nSPS) is 11.6. The van der Waals surface area contributed by atoms with Crippen LogP contribution in [0, 0.1) is 0 Å². The lowest BCUT2D eigenvalue weighted by atomic mass is 10.2. The van der Waals surface area contributed by atoms with Gasteiger partial charge < -0.3 is 5.32 Å². The third-order valence-corrected chi connectivity index (χ3v) is 5.03. The molecule has 1 N–H and O–H groups in total. The van der Waals surface area contributed by atoms with Crippen LogP contribution >= 0.6 is 15.9 Å². The Bertz CT molecular complexity index is 573. The van der Waals surface area contributed by atoms with Gasteiger partial charge in [-0.15, -0.1) is 0 Å². The van der Waals surface area contributed by atoms with E-state index in [4.69, 9.17) is 0 Å². The molecule has 0 radical (unpaired) electrons. The first-order chi connectivity index (χ1) is 10.3. The van der Waals surface area contributed by atoms with Crippen molar-refractivity contribution in [1.29, 1.82) is 0 Å². The number of sulfonamides is 1. The zero-order valence-electron chi connectivity index (χ0n) is 13.0. The Balaban J connectivity index is 2.49. The van der Waals surface area contributed by atoms with Crippen molar-refractivity contribution >= 4 is 37.5 Å². The predicted octanol–water partition coefficient (Wildman–Crippen LogP) is 3.23. The number of halogens is 1. The van der Waals surface area contributed by atoms with Crippen LogP contribution < -0.4 is 5.32 Å². The minimum atomic E-state index is -3.27. The number of hydrogen-bond acceptors (Lipinski definition) is 3. The highest BCUT2D eigenvalue weighted by molar-refractivity contribution is 9.10. The average molecular weight is 391 g/mol. The number of benzene rings is 1. The molecule has 0 fully saturated rings. The van der Waals surface area contributed by atoms with Crippen molar-refractivity contribution in [3.8, 4) is 0 Å². The molecule has 1 rings (SSSR count). The van der Waals surface area contributed by atoms with Gasteiger partial charge in [-0.1, -0.05) is 35.7 Å². The Labute approximate surface area is 141 Å². The highest BCUT2D eigenvalue weighted by Gasteiger charge is 2.17. The molecule has 0 spiro atoms. The maximum atomic E-state index is 11.9. The van der Waals surface area contributed by atoms with Crippen LogP contribution in [0.2, 0.25) is 0 Å². The average Bonchev–Trinajstić information content (AvgIpc) is 2.44. The third-order valence-electron chi connectivity index (χ3n) is 3.20. The lowest BCUT2D eigenvalue weighted by Crippen LogP contribution is -2.33. The van der Waals surface area contributed by atoms with E-state index in [-0.39, 0.29) is 18.9 Å². The SMILES string of the molecule is CCCCCN(CCC(=O)Nc1ccc(Br)cc1)S(C)(=O)=O. The molecule has 0 aliphatic carbocycles. The fourth-order valence-electron chi connectivity index (χ4n) is 1.96. The van der Waals surface area contributed by atoms with E-state index < -0.39 is 10.0 Å². The van der Waals surface area contributed by atoms with Crippen LogP contribution in [0.5, 0.6) is 0 Å². The minimum absolute atomic E-state index is 0.148. The van der Waals surface area contributed by atoms with Crippen molar-refractivity contribution in [2.75, 3.05) is 24.7 Å². The summed E-state index contributed by atoms with van der Waals surface area (Å²) in [7, 11) is -3.27. The number of hydrogen-bond donors (Lipinski definition) is 1. The molecular weight excluding hydrogens is 368 g/mol. The van der Waals surface area contributed by atoms with Gasteiger partial charge in [0.15, 0.2) is 0 Å². The van der Waals surface area contributed by atoms with Crippen LogP contribution in [0.25, 0.3) is 0 Å². The number of carbonyl (C=O) groups excluding carboxylic acids is 1. The Morgan fingerprint density at radius 1 is 1.18 bits per heavy atom. The molecule has 22 heavy (non-hydrogen) atoms. The van der Waals surface area contributed by atoms with E-state index in [2.05, 4.69) is 28.2 Å². The summed E-state index contributed by atoms with van der Waals surface area (Å²) in [5, 5.41) is 2.76. The van der Waals surface area contributed by atoms with E-state index in [0.29, 0.717) is 12.2 Å². The monoisotopic (exact) mass is 390 g/mol. The summed E-state index contributed by atoms with van der Waals surface area (Å²) in [6.07, 6.45) is 4.16. The number of rotatable bonds is 9. The smallest absolute Gasteiger partial charge is 0.225 e. The van der Waals surface area contributed by atoms with E-state index in [0.717, 1.165) is 23.7 Å². The van der Waals surface area contributed by atoms with Crippen molar-refractivity contribution in [3.05, 3.63) is 28.7 Å². The van der Waals surface area contributed by atoms with Crippen molar-refractivity contribution in [2.24, 2.45) is 0 Å². The molecule has 0 saturated carbocycles. The van der Waals surface area contributed by atoms with E-state index in [1.165, 1.54) is 10.6 Å². The molecule has 0 aliphatic rings. The van der Waals surface area contributed by atoms with Crippen molar-refractivity contribution in [2.45, 2.75) is 32.6 Å². The van der Waals surface area contributed by atoms with Crippen LogP contribution in [-0.2, 0) is 14.8 Å². The zero-order chi connectivity index (χ0) is 16.6. The molecule has 124 valence electrons. The summed E-state index contributed by atoms with van der Waals surface area (Å²) in [5.41, 5.74) is 0.699. The summed E-state index contributed by atoms with van der Waals surface area (Å²) in [4.78, 5) is 11.9. The van der Waals surface area contributed by atoms with Gasteiger partial charge in [-0.3, -0.25) is 4.79 Å². The van der Waals surface area contributed by atoms with Crippen molar-refractivity contribution in [1.82, 2.24) is 4.31 Å². The quantitative estimate of drug-likeness (QED) is 0.658. The summed E-state index contributed by atoms with van der Waals surface area (Å²) >= 11 is 3.33. The largest absolute Gasteiger partial charge is 0.326 e. The fraction of sp³-hybridized carbons (Fsp3) is 0.533. The first-order valence-corrected chi connectivity index (χ1v) is 9.97. The van der Waals surface area contributed by atoms with E-state index >= 15 is 0 Å². The molecule has 1 aromatic carbocycles. The van der Waals surface area contributed by atoms with Gasteiger partial charge in [0.25, 0.3) is 0 Å². The Hall–Kier alpha value is -0.920. The van der Waals surface area contributed by atoms with Gasteiger partial charge in [0.05, 0.1) is 6.26 Å². The lowest BCUT2D eigenvalue weighted by molar-refractivity contribution is -0.116. The van der Waals surface area contributed by atoms with E-state index in [9.17, 15) is 13.2 Å². The number of amides is 1. The molecule has 0 saturated heterocycles. The highest BCUT2D eigenvalue weighted by Crippen LogP contribution is 2.14. The topological polar surface area (TPSA) is 66.5 Å². The molecule has 5 nitrogen and oxygen atoms in total. The minimum Gasteiger partial charge on any atom is -0.326 e. The number of anilines is 1. The van der Waals surface area contributed by atoms with E-state index in [1.54, 1.807) is 12.1 Å². The summed E-state index contributed by atoms with van der Waals surface area (Å²) < 4.78 is 25.8. The Morgan fingerprint density at radius 2 is 1.82 bits per heavy atom. The van der Waals surface area contributed by atoms with Crippen LogP contribution in [0.4, 0.5) is 5.69 Å². The van der Waals surface area contributed by atoms with Crippen LogP contribution in [0.3, 0.4) is 0 Å². The standard InChI is InChI=1S/C15H23BrN2O3S/c1-3-4-5-11-18(22(2,20)21)12-10-15(19)17-14-8-6-13(16)7-9-14/h6-9H,3-5,10-12H2,1-2H3,(H,17,19). The molecule has 0 aliphatic heterocycles. The number of carbonyl (C=O) groups is 1. The van der Waals surface area contributed by atoms with E-state index in [1.807, 2.05) is 12.1 Å². The van der Waals surface area contributed by atoms with Gasteiger partial charge >= 0.3 is 0 Å².